The Bertz CT molecular complexity index is 991. The van der Waals surface area contributed by atoms with Gasteiger partial charge >= 0.3 is 0 Å². The maximum atomic E-state index is 13.1. The van der Waals surface area contributed by atoms with Crippen molar-refractivity contribution in [3.63, 3.8) is 0 Å². The lowest BCUT2D eigenvalue weighted by atomic mass is 10.1. The number of benzene rings is 2. The van der Waals surface area contributed by atoms with Crippen molar-refractivity contribution < 1.29 is 18.4 Å². The minimum atomic E-state index is -3.68. The predicted octanol–water partition coefficient (Wildman–Crippen LogP) is 1.97. The summed E-state index contributed by atoms with van der Waals surface area (Å²) in [6.45, 7) is 3.92. The summed E-state index contributed by atoms with van der Waals surface area (Å²) in [5.74, 6) is -0.689. The second-order valence-corrected chi connectivity index (χ2v) is 9.11. The molecule has 0 heterocycles. The predicted molar refractivity (Wildman–Crippen MR) is 122 cm³/mol. The zero-order chi connectivity index (χ0) is 22.9. The molecule has 1 amide bonds. The van der Waals surface area contributed by atoms with Crippen LogP contribution in [-0.2, 0) is 21.2 Å². The number of hydrogen-bond donors (Lipinski definition) is 3. The number of hydrogen-bond acceptors (Lipinski definition) is 6. The third-order valence-corrected chi connectivity index (χ3v) is 6.85. The summed E-state index contributed by atoms with van der Waals surface area (Å²) in [4.78, 5) is 13.4. The van der Waals surface area contributed by atoms with Crippen LogP contribution in [-0.4, -0.2) is 62.0 Å². The van der Waals surface area contributed by atoms with E-state index in [2.05, 4.69) is 4.90 Å². The Labute approximate surface area is 184 Å². The number of nitrogens with one attached hydrogen (secondary N) is 1. The van der Waals surface area contributed by atoms with Crippen molar-refractivity contribution in [2.24, 2.45) is 0 Å². The Morgan fingerprint density at radius 1 is 1.13 bits per heavy atom. The molecule has 0 atom stereocenters. The maximum absolute atomic E-state index is 13.1. The number of rotatable bonds is 11. The van der Waals surface area contributed by atoms with E-state index in [1.807, 2.05) is 31.3 Å². The summed E-state index contributed by atoms with van der Waals surface area (Å²) >= 11 is 0. The summed E-state index contributed by atoms with van der Waals surface area (Å²) in [6.07, 6.45) is 3.41. The van der Waals surface area contributed by atoms with Gasteiger partial charge in [-0.05, 0) is 54.9 Å². The highest BCUT2D eigenvalue weighted by atomic mass is 32.2. The molecule has 9 heteroatoms. The molecule has 0 radical (unpaired) electrons. The molecule has 0 aliphatic rings. The minimum absolute atomic E-state index is 0.158. The van der Waals surface area contributed by atoms with Crippen LogP contribution in [0.4, 0.5) is 5.69 Å². The van der Waals surface area contributed by atoms with Crippen molar-refractivity contribution >= 4 is 27.7 Å². The fourth-order valence-electron chi connectivity index (χ4n) is 2.98. The first-order valence-electron chi connectivity index (χ1n) is 10.0. The Morgan fingerprint density at radius 2 is 1.84 bits per heavy atom. The van der Waals surface area contributed by atoms with E-state index in [4.69, 9.17) is 10.9 Å². The number of anilines is 1. The highest BCUT2D eigenvalue weighted by Gasteiger charge is 2.23. The summed E-state index contributed by atoms with van der Waals surface area (Å²) in [5.41, 5.74) is 9.66. The van der Waals surface area contributed by atoms with Gasteiger partial charge in [-0.3, -0.25) is 10.0 Å². The lowest BCUT2D eigenvalue weighted by Crippen LogP contribution is -2.38. The molecule has 0 saturated heterocycles. The zero-order valence-electron chi connectivity index (χ0n) is 17.9. The van der Waals surface area contributed by atoms with Crippen LogP contribution in [0.15, 0.2) is 59.5 Å². The molecule has 0 fully saturated rings. The molecular weight excluding hydrogens is 416 g/mol. The standard InChI is InChI=1S/C22H30N4O4S/c1-3-26(16-15-25(2)14-13-18-7-10-20(23)11-8-18)31(29,30)21-6-4-5-19(17-21)9-12-22(27)24-28/h4-12,17,28H,3,13-16,23H2,1-2H3,(H,24,27)/b12-9+. The first-order chi connectivity index (χ1) is 14.8. The lowest BCUT2D eigenvalue weighted by molar-refractivity contribution is -0.124. The first-order valence-corrected chi connectivity index (χ1v) is 11.5. The molecule has 2 aromatic rings. The Hall–Kier alpha value is -2.72. The van der Waals surface area contributed by atoms with Crippen molar-refractivity contribution in [1.82, 2.24) is 14.7 Å². The normalized spacial score (nSPS) is 12.0. The fourth-order valence-corrected chi connectivity index (χ4v) is 4.48. The topological polar surface area (TPSA) is 116 Å². The van der Waals surface area contributed by atoms with E-state index in [-0.39, 0.29) is 4.90 Å². The largest absolute Gasteiger partial charge is 0.399 e. The first kappa shape index (κ1) is 24.5. The minimum Gasteiger partial charge on any atom is -0.399 e. The van der Waals surface area contributed by atoms with Gasteiger partial charge in [0.25, 0.3) is 5.91 Å². The Kier molecular flexibility index (Phi) is 9.20. The van der Waals surface area contributed by atoms with Crippen molar-refractivity contribution in [1.29, 1.82) is 0 Å². The molecule has 168 valence electrons. The quantitative estimate of drug-likeness (QED) is 0.210. The second kappa shape index (κ2) is 11.6. The molecule has 0 bridgehead atoms. The van der Waals surface area contributed by atoms with E-state index in [9.17, 15) is 13.2 Å². The van der Waals surface area contributed by atoms with Crippen molar-refractivity contribution in [3.05, 3.63) is 65.7 Å². The van der Waals surface area contributed by atoms with E-state index in [1.165, 1.54) is 33.6 Å². The molecule has 0 aliphatic carbocycles. The van der Waals surface area contributed by atoms with Gasteiger partial charge in [0.2, 0.25) is 10.0 Å². The molecule has 0 aromatic heterocycles. The van der Waals surface area contributed by atoms with E-state index in [0.717, 1.165) is 24.7 Å². The van der Waals surface area contributed by atoms with Gasteiger partial charge in [0.1, 0.15) is 0 Å². The highest BCUT2D eigenvalue weighted by molar-refractivity contribution is 7.89. The molecule has 8 nitrogen and oxygen atoms in total. The maximum Gasteiger partial charge on any atom is 0.267 e. The number of amides is 1. The van der Waals surface area contributed by atoms with Crippen LogP contribution in [0.5, 0.6) is 0 Å². The van der Waals surface area contributed by atoms with Crippen LogP contribution in [0.25, 0.3) is 6.08 Å². The van der Waals surface area contributed by atoms with Crippen LogP contribution in [0.2, 0.25) is 0 Å². The number of nitrogens with zero attached hydrogens (tertiary/aromatic N) is 2. The van der Waals surface area contributed by atoms with Crippen molar-refractivity contribution in [2.45, 2.75) is 18.2 Å². The van der Waals surface area contributed by atoms with Crippen LogP contribution < -0.4 is 11.2 Å². The lowest BCUT2D eigenvalue weighted by Gasteiger charge is -2.24. The highest BCUT2D eigenvalue weighted by Crippen LogP contribution is 2.18. The van der Waals surface area contributed by atoms with Gasteiger partial charge in [-0.25, -0.2) is 13.9 Å². The smallest absolute Gasteiger partial charge is 0.267 e. The summed E-state index contributed by atoms with van der Waals surface area (Å²) in [7, 11) is -1.71. The number of likely N-dealkylation sites (N-methyl/N-ethyl adjacent to an activating group) is 2. The van der Waals surface area contributed by atoms with E-state index >= 15 is 0 Å². The SMILES string of the molecule is CCN(CCN(C)CCc1ccc(N)cc1)S(=O)(=O)c1cccc(/C=C/C(=O)NO)c1. The van der Waals surface area contributed by atoms with Gasteiger partial charge in [-0.1, -0.05) is 31.2 Å². The third-order valence-electron chi connectivity index (χ3n) is 4.88. The molecule has 2 rings (SSSR count). The van der Waals surface area contributed by atoms with Gasteiger partial charge < -0.3 is 10.6 Å². The summed E-state index contributed by atoms with van der Waals surface area (Å²) in [5, 5.41) is 8.56. The number of carbonyl (C=O) groups excluding carboxylic acids is 1. The van der Waals surface area contributed by atoms with Crippen molar-refractivity contribution in [2.75, 3.05) is 39.0 Å². The molecular formula is C22H30N4O4S. The van der Waals surface area contributed by atoms with E-state index in [0.29, 0.717) is 25.2 Å². The van der Waals surface area contributed by atoms with Gasteiger partial charge in [-0.2, -0.15) is 4.31 Å². The molecule has 0 spiro atoms. The number of carbonyl (C=O) groups is 1. The average molecular weight is 447 g/mol. The molecule has 31 heavy (non-hydrogen) atoms. The monoisotopic (exact) mass is 446 g/mol. The van der Waals surface area contributed by atoms with E-state index < -0.39 is 15.9 Å². The Balaban J connectivity index is 1.99. The molecule has 0 saturated carbocycles. The molecule has 2 aromatic carbocycles. The fraction of sp³-hybridized carbons (Fsp3) is 0.318. The van der Waals surface area contributed by atoms with E-state index in [1.54, 1.807) is 19.1 Å². The molecule has 0 aliphatic heterocycles. The molecule has 0 unspecified atom stereocenters. The summed E-state index contributed by atoms with van der Waals surface area (Å²) < 4.78 is 27.6. The van der Waals surface area contributed by atoms with Crippen LogP contribution >= 0.6 is 0 Å². The average Bonchev–Trinajstić information content (AvgIpc) is 2.77. The van der Waals surface area contributed by atoms with Gasteiger partial charge in [0.05, 0.1) is 4.90 Å². The van der Waals surface area contributed by atoms with Gasteiger partial charge in [0.15, 0.2) is 0 Å². The second-order valence-electron chi connectivity index (χ2n) is 7.17. The zero-order valence-corrected chi connectivity index (χ0v) is 18.7. The van der Waals surface area contributed by atoms with Gasteiger partial charge in [0, 0.05) is 37.9 Å². The van der Waals surface area contributed by atoms with Crippen LogP contribution in [0, 0.1) is 0 Å². The van der Waals surface area contributed by atoms with Crippen molar-refractivity contribution in [3.8, 4) is 0 Å². The van der Waals surface area contributed by atoms with Crippen LogP contribution in [0.1, 0.15) is 18.1 Å². The number of hydroxylamine groups is 1. The number of sulfonamides is 1. The Morgan fingerprint density at radius 3 is 2.48 bits per heavy atom. The van der Waals surface area contributed by atoms with Gasteiger partial charge in [-0.15, -0.1) is 0 Å². The molecule has 4 N–H and O–H groups in total. The summed E-state index contributed by atoms with van der Waals surface area (Å²) in [6, 6.07) is 14.1. The third kappa shape index (κ3) is 7.48. The van der Waals surface area contributed by atoms with Crippen LogP contribution in [0.3, 0.4) is 0 Å². The number of nitrogen functional groups attached to an aromatic ring is 1. The number of nitrogens with two attached hydrogens (primary N) is 1.